The lowest BCUT2D eigenvalue weighted by atomic mass is 9.84. The first kappa shape index (κ1) is 26.7. The first-order chi connectivity index (χ1) is 20.0. The third-order valence-corrected chi connectivity index (χ3v) is 7.44. The van der Waals surface area contributed by atoms with E-state index in [0.29, 0.717) is 47.3 Å². The molecular weight excluding hydrogens is 530 g/mol. The van der Waals surface area contributed by atoms with Crippen molar-refractivity contribution in [1.82, 2.24) is 5.32 Å². The lowest BCUT2D eigenvalue weighted by Crippen LogP contribution is -2.47. The number of benzene rings is 3. The molecule has 41 heavy (non-hydrogen) atoms. The largest absolute Gasteiger partial charge is 0.497 e. The van der Waals surface area contributed by atoms with Gasteiger partial charge in [0.05, 0.1) is 26.2 Å². The molecule has 11 nitrogen and oxygen atoms in total. The average molecular weight is 562 g/mol. The van der Waals surface area contributed by atoms with Gasteiger partial charge in [-0.2, -0.15) is 0 Å². The molecule has 6 rings (SSSR count). The summed E-state index contributed by atoms with van der Waals surface area (Å²) in [4.78, 5) is 25.4. The average Bonchev–Trinajstić information content (AvgIpc) is 3.60. The summed E-state index contributed by atoms with van der Waals surface area (Å²) in [6.07, 6.45) is -0.696. The van der Waals surface area contributed by atoms with Crippen LogP contribution in [0.2, 0.25) is 0 Å². The molecular formula is C30H31N3O8. The van der Waals surface area contributed by atoms with Gasteiger partial charge in [0, 0.05) is 29.4 Å². The van der Waals surface area contributed by atoms with Crippen molar-refractivity contribution in [2.75, 3.05) is 31.1 Å². The number of carbonyl (C=O) groups is 2. The monoisotopic (exact) mass is 561 g/mol. The molecule has 214 valence electrons. The standard InChI is InChI=1S/C30H31N3O8/c1-37-20-6-3-18(4-7-20)32-30(36)33-19-5-9-24-22(11-19)23-12-21(40-27(15-34)29(23)41-24)13-28(35)31-14-17-2-8-25-26(10-17)39-16-38-25/h2-11,21,23,27,29,34H,12-16H2,1H3,(H,31,35)(H2,32,33,36)/t21-,23-,27-,29+/m1/s1. The van der Waals surface area contributed by atoms with E-state index in [2.05, 4.69) is 16.0 Å². The summed E-state index contributed by atoms with van der Waals surface area (Å²) in [6.45, 7) is 0.302. The van der Waals surface area contributed by atoms with Crippen LogP contribution in [-0.2, 0) is 16.1 Å². The second-order valence-corrected chi connectivity index (χ2v) is 10.1. The summed E-state index contributed by atoms with van der Waals surface area (Å²) in [7, 11) is 1.58. The minimum absolute atomic E-state index is 0.103. The van der Waals surface area contributed by atoms with E-state index in [4.69, 9.17) is 23.7 Å². The van der Waals surface area contributed by atoms with Gasteiger partial charge in [-0.15, -0.1) is 0 Å². The van der Waals surface area contributed by atoms with Crippen molar-refractivity contribution in [3.63, 3.8) is 0 Å². The normalized spacial score (nSPS) is 21.7. The number of urea groups is 1. The predicted molar refractivity (Wildman–Crippen MR) is 149 cm³/mol. The lowest BCUT2D eigenvalue weighted by Gasteiger charge is -2.37. The Morgan fingerprint density at radius 3 is 2.51 bits per heavy atom. The quantitative estimate of drug-likeness (QED) is 0.326. The van der Waals surface area contributed by atoms with Gasteiger partial charge >= 0.3 is 6.03 Å². The Balaban J connectivity index is 1.08. The molecule has 0 aliphatic carbocycles. The fourth-order valence-electron chi connectivity index (χ4n) is 5.47. The first-order valence-corrected chi connectivity index (χ1v) is 13.4. The number of aliphatic hydroxyl groups excluding tert-OH is 1. The van der Waals surface area contributed by atoms with Gasteiger partial charge in [0.2, 0.25) is 12.7 Å². The molecule has 0 bridgehead atoms. The van der Waals surface area contributed by atoms with E-state index in [-0.39, 0.29) is 43.8 Å². The summed E-state index contributed by atoms with van der Waals surface area (Å²) < 4.78 is 28.1. The molecule has 1 saturated heterocycles. The van der Waals surface area contributed by atoms with Crippen LogP contribution in [0.25, 0.3) is 0 Å². The molecule has 0 unspecified atom stereocenters. The van der Waals surface area contributed by atoms with Gasteiger partial charge in [0.15, 0.2) is 11.5 Å². The summed E-state index contributed by atoms with van der Waals surface area (Å²) >= 11 is 0. The molecule has 0 radical (unpaired) electrons. The number of rotatable bonds is 8. The fraction of sp³-hybridized carbons (Fsp3) is 0.333. The van der Waals surface area contributed by atoms with Crippen molar-refractivity contribution in [3.8, 4) is 23.0 Å². The zero-order valence-electron chi connectivity index (χ0n) is 22.4. The van der Waals surface area contributed by atoms with Crippen LogP contribution in [0.5, 0.6) is 23.0 Å². The molecule has 0 saturated carbocycles. The number of nitrogens with one attached hydrogen (secondary N) is 3. The molecule has 4 N–H and O–H groups in total. The van der Waals surface area contributed by atoms with Crippen LogP contribution in [0.3, 0.4) is 0 Å². The summed E-state index contributed by atoms with van der Waals surface area (Å²) in [5, 5.41) is 18.6. The van der Waals surface area contributed by atoms with Gasteiger partial charge in [-0.1, -0.05) is 6.07 Å². The van der Waals surface area contributed by atoms with E-state index >= 15 is 0 Å². The molecule has 3 aromatic carbocycles. The van der Waals surface area contributed by atoms with Gasteiger partial charge < -0.3 is 44.7 Å². The summed E-state index contributed by atoms with van der Waals surface area (Å²) in [5.41, 5.74) is 3.03. The van der Waals surface area contributed by atoms with Crippen LogP contribution in [0.4, 0.5) is 16.2 Å². The molecule has 3 amide bonds. The van der Waals surface area contributed by atoms with E-state index in [1.807, 2.05) is 24.3 Å². The number of hydrogen-bond acceptors (Lipinski definition) is 8. The van der Waals surface area contributed by atoms with Crippen LogP contribution < -0.4 is 34.9 Å². The van der Waals surface area contributed by atoms with Crippen molar-refractivity contribution in [2.45, 2.75) is 43.6 Å². The molecule has 3 aromatic rings. The van der Waals surface area contributed by atoms with Crippen LogP contribution >= 0.6 is 0 Å². The predicted octanol–water partition coefficient (Wildman–Crippen LogP) is 3.77. The van der Waals surface area contributed by atoms with Crippen molar-refractivity contribution in [3.05, 3.63) is 71.8 Å². The number of anilines is 2. The molecule has 0 spiro atoms. The van der Waals surface area contributed by atoms with Crippen molar-refractivity contribution in [1.29, 1.82) is 0 Å². The Kier molecular flexibility index (Phi) is 7.53. The molecule has 0 aromatic heterocycles. The minimum Gasteiger partial charge on any atom is -0.497 e. The molecule has 1 fully saturated rings. The zero-order chi connectivity index (χ0) is 28.3. The minimum atomic E-state index is -0.581. The number of hydrogen-bond donors (Lipinski definition) is 4. The van der Waals surface area contributed by atoms with Gasteiger partial charge in [-0.25, -0.2) is 4.79 Å². The maximum atomic E-state index is 12.8. The highest BCUT2D eigenvalue weighted by Gasteiger charge is 2.46. The first-order valence-electron chi connectivity index (χ1n) is 13.4. The number of fused-ring (bicyclic) bond motifs is 4. The van der Waals surface area contributed by atoms with Gasteiger partial charge in [-0.05, 0) is 66.6 Å². The summed E-state index contributed by atoms with van der Waals surface area (Å²) in [5.74, 6) is 2.46. The van der Waals surface area contributed by atoms with Crippen LogP contribution in [0.1, 0.15) is 29.9 Å². The maximum Gasteiger partial charge on any atom is 0.323 e. The Bertz CT molecular complexity index is 1430. The highest BCUT2D eigenvalue weighted by Crippen LogP contribution is 2.47. The van der Waals surface area contributed by atoms with E-state index in [1.165, 1.54) is 0 Å². The zero-order valence-corrected chi connectivity index (χ0v) is 22.4. The molecule has 4 atom stereocenters. The maximum absolute atomic E-state index is 12.8. The van der Waals surface area contributed by atoms with Crippen molar-refractivity contribution < 1.29 is 38.4 Å². The topological polar surface area (TPSA) is 137 Å². The van der Waals surface area contributed by atoms with E-state index in [9.17, 15) is 14.7 Å². The van der Waals surface area contributed by atoms with Gasteiger partial charge in [0.25, 0.3) is 0 Å². The smallest absolute Gasteiger partial charge is 0.323 e. The number of carbonyl (C=O) groups excluding carboxylic acids is 2. The second-order valence-electron chi connectivity index (χ2n) is 10.1. The lowest BCUT2D eigenvalue weighted by molar-refractivity contribution is -0.142. The van der Waals surface area contributed by atoms with Crippen LogP contribution in [0.15, 0.2) is 60.7 Å². The van der Waals surface area contributed by atoms with E-state index in [1.54, 1.807) is 43.5 Å². The number of ether oxygens (including phenoxy) is 5. The second kappa shape index (κ2) is 11.6. The Morgan fingerprint density at radius 2 is 1.71 bits per heavy atom. The van der Waals surface area contributed by atoms with E-state index in [0.717, 1.165) is 11.1 Å². The molecule has 11 heteroatoms. The number of amides is 3. The summed E-state index contributed by atoms with van der Waals surface area (Å²) in [6, 6.07) is 17.6. The third kappa shape index (κ3) is 5.86. The van der Waals surface area contributed by atoms with Gasteiger partial charge in [0.1, 0.15) is 23.7 Å². The van der Waals surface area contributed by atoms with Crippen molar-refractivity contribution >= 4 is 23.3 Å². The molecule has 3 aliphatic heterocycles. The number of methoxy groups -OCH3 is 1. The Hall–Kier alpha value is -4.48. The Morgan fingerprint density at radius 1 is 0.951 bits per heavy atom. The highest BCUT2D eigenvalue weighted by atomic mass is 16.7. The number of aliphatic hydroxyl groups is 1. The molecule has 3 aliphatic rings. The molecule has 3 heterocycles. The van der Waals surface area contributed by atoms with Crippen LogP contribution in [0, 0.1) is 0 Å². The van der Waals surface area contributed by atoms with Gasteiger partial charge in [-0.3, -0.25) is 4.79 Å². The highest BCUT2D eigenvalue weighted by molar-refractivity contribution is 5.99. The third-order valence-electron chi connectivity index (χ3n) is 7.44. The Labute approximate surface area is 236 Å². The van der Waals surface area contributed by atoms with E-state index < -0.39 is 12.2 Å². The SMILES string of the molecule is COc1ccc(NC(=O)Nc2ccc3c(c2)[C@H]2C[C@H](CC(=O)NCc4ccc5c(c4)OCO5)O[C@H](CO)[C@H]2O3)cc1. The van der Waals surface area contributed by atoms with Crippen molar-refractivity contribution in [2.24, 2.45) is 0 Å². The fourth-order valence-corrected chi connectivity index (χ4v) is 5.47. The van der Waals surface area contributed by atoms with Crippen LogP contribution in [-0.4, -0.2) is 55.9 Å².